The van der Waals surface area contributed by atoms with Crippen LogP contribution in [0.3, 0.4) is 0 Å². The summed E-state index contributed by atoms with van der Waals surface area (Å²) in [7, 11) is 0. The number of carbonyl (C=O) groups excluding carboxylic acids is 3. The molecule has 0 aliphatic rings. The second-order valence-corrected chi connectivity index (χ2v) is 7.97. The average molecular weight is 427 g/mol. The number of nitrogens with two attached hydrogens (primary N) is 1. The van der Waals surface area contributed by atoms with Crippen LogP contribution in [0.15, 0.2) is 48.5 Å². The normalized spacial score (nSPS) is 11.8. The Bertz CT molecular complexity index is 889. The Balaban J connectivity index is 1.91. The molecule has 0 spiro atoms. The van der Waals surface area contributed by atoms with E-state index in [1.54, 1.807) is 0 Å². The van der Waals surface area contributed by atoms with Crippen LogP contribution < -0.4 is 15.8 Å². The molecule has 1 atom stereocenters. The van der Waals surface area contributed by atoms with Crippen LogP contribution in [0.4, 0.5) is 0 Å². The van der Waals surface area contributed by atoms with Gasteiger partial charge in [0.1, 0.15) is 5.75 Å². The van der Waals surface area contributed by atoms with Crippen molar-refractivity contribution < 1.29 is 23.9 Å². The predicted octanol–water partition coefficient (Wildman–Crippen LogP) is 3.34. The predicted molar refractivity (Wildman–Crippen MR) is 118 cm³/mol. The first kappa shape index (κ1) is 23.9. The van der Waals surface area contributed by atoms with Gasteiger partial charge >= 0.3 is 5.97 Å². The smallest absolute Gasteiger partial charge is 0.338 e. The van der Waals surface area contributed by atoms with Gasteiger partial charge in [-0.3, -0.25) is 9.59 Å². The maximum atomic E-state index is 12.4. The SMILES string of the molecule is CC(C)c1ccc([C@H](NC(=O)COC(=O)c2ccc(OCC(N)=O)cc2)C(C)C)cc1. The summed E-state index contributed by atoms with van der Waals surface area (Å²) in [5.74, 6) is -0.594. The number of carbonyl (C=O) groups is 3. The van der Waals surface area contributed by atoms with Gasteiger partial charge in [0.15, 0.2) is 13.2 Å². The Labute approximate surface area is 182 Å². The fraction of sp³-hybridized carbons (Fsp3) is 0.375. The minimum Gasteiger partial charge on any atom is -0.484 e. The van der Waals surface area contributed by atoms with Gasteiger partial charge in [-0.15, -0.1) is 0 Å². The van der Waals surface area contributed by atoms with Crippen molar-refractivity contribution in [3.05, 3.63) is 65.2 Å². The Morgan fingerprint density at radius 3 is 1.97 bits per heavy atom. The minimum atomic E-state index is -0.626. The zero-order chi connectivity index (χ0) is 23.0. The van der Waals surface area contributed by atoms with Gasteiger partial charge in [0.25, 0.3) is 11.8 Å². The minimum absolute atomic E-state index is 0.164. The van der Waals surface area contributed by atoms with Crippen molar-refractivity contribution >= 4 is 17.8 Å². The van der Waals surface area contributed by atoms with Gasteiger partial charge in [-0.25, -0.2) is 4.79 Å². The molecule has 0 radical (unpaired) electrons. The first-order valence-electron chi connectivity index (χ1n) is 10.2. The molecule has 0 bridgehead atoms. The summed E-state index contributed by atoms with van der Waals surface area (Å²) in [5.41, 5.74) is 7.53. The molecule has 3 N–H and O–H groups in total. The van der Waals surface area contributed by atoms with E-state index in [0.29, 0.717) is 11.7 Å². The monoisotopic (exact) mass is 426 g/mol. The van der Waals surface area contributed by atoms with Gasteiger partial charge in [-0.2, -0.15) is 0 Å². The lowest BCUT2D eigenvalue weighted by Crippen LogP contribution is -2.35. The third-order valence-corrected chi connectivity index (χ3v) is 4.75. The number of hydrogen-bond donors (Lipinski definition) is 2. The molecule has 0 unspecified atom stereocenters. The quantitative estimate of drug-likeness (QED) is 0.567. The number of amides is 2. The summed E-state index contributed by atoms with van der Waals surface area (Å²) in [5, 5.41) is 2.94. The Kier molecular flexibility index (Phi) is 8.61. The molecule has 2 aromatic carbocycles. The van der Waals surface area contributed by atoms with Gasteiger partial charge in [-0.1, -0.05) is 52.0 Å². The zero-order valence-corrected chi connectivity index (χ0v) is 18.4. The third kappa shape index (κ3) is 7.44. The largest absolute Gasteiger partial charge is 0.484 e. The van der Waals surface area contributed by atoms with Crippen molar-refractivity contribution in [1.29, 1.82) is 0 Å². The van der Waals surface area contributed by atoms with Gasteiger partial charge in [-0.05, 0) is 47.2 Å². The summed E-state index contributed by atoms with van der Waals surface area (Å²) in [6.07, 6.45) is 0. The molecule has 0 aliphatic carbocycles. The van der Waals surface area contributed by atoms with E-state index in [1.807, 2.05) is 26.0 Å². The molecule has 0 saturated carbocycles. The second-order valence-electron chi connectivity index (χ2n) is 7.97. The number of ether oxygens (including phenoxy) is 2. The number of hydrogen-bond acceptors (Lipinski definition) is 5. The molecule has 2 rings (SSSR count). The van der Waals surface area contributed by atoms with Gasteiger partial charge in [0.2, 0.25) is 0 Å². The zero-order valence-electron chi connectivity index (χ0n) is 18.4. The Hall–Kier alpha value is -3.35. The number of rotatable bonds is 10. The van der Waals surface area contributed by atoms with Gasteiger partial charge in [0, 0.05) is 0 Å². The highest BCUT2D eigenvalue weighted by molar-refractivity contribution is 5.91. The maximum absolute atomic E-state index is 12.4. The van der Waals surface area contributed by atoms with E-state index in [0.717, 1.165) is 5.56 Å². The van der Waals surface area contributed by atoms with Crippen molar-refractivity contribution in [2.45, 2.75) is 39.7 Å². The first-order chi connectivity index (χ1) is 14.7. The highest BCUT2D eigenvalue weighted by Crippen LogP contribution is 2.24. The lowest BCUT2D eigenvalue weighted by Gasteiger charge is -2.23. The van der Waals surface area contributed by atoms with E-state index < -0.39 is 11.9 Å². The van der Waals surface area contributed by atoms with Crippen LogP contribution >= 0.6 is 0 Å². The van der Waals surface area contributed by atoms with Crippen molar-refractivity contribution in [1.82, 2.24) is 5.32 Å². The number of nitrogens with one attached hydrogen (secondary N) is 1. The molecular weight excluding hydrogens is 396 g/mol. The summed E-state index contributed by atoms with van der Waals surface area (Å²) in [6.45, 7) is 7.68. The van der Waals surface area contributed by atoms with Crippen LogP contribution in [-0.2, 0) is 14.3 Å². The molecular formula is C24H30N2O5. The fourth-order valence-electron chi connectivity index (χ4n) is 2.99. The van der Waals surface area contributed by atoms with Crippen molar-refractivity contribution in [3.8, 4) is 5.75 Å². The molecule has 0 fully saturated rings. The molecule has 0 saturated heterocycles. The lowest BCUT2D eigenvalue weighted by atomic mass is 9.93. The van der Waals surface area contributed by atoms with Crippen molar-refractivity contribution in [3.63, 3.8) is 0 Å². The standard InChI is InChI=1S/C24H30N2O5/c1-15(2)17-5-7-18(8-6-17)23(16(3)4)26-22(28)14-31-24(29)19-9-11-20(12-10-19)30-13-21(25)27/h5-12,15-16,23H,13-14H2,1-4H3,(H2,25,27)(H,26,28)/t23-/m1/s1. The van der Waals surface area contributed by atoms with Gasteiger partial charge in [0.05, 0.1) is 11.6 Å². The topological polar surface area (TPSA) is 108 Å². The van der Waals surface area contributed by atoms with E-state index in [4.69, 9.17) is 15.2 Å². The van der Waals surface area contributed by atoms with Crippen LogP contribution in [0.1, 0.15) is 61.1 Å². The molecule has 0 aromatic heterocycles. The third-order valence-electron chi connectivity index (χ3n) is 4.75. The van der Waals surface area contributed by atoms with Crippen LogP contribution in [0.2, 0.25) is 0 Å². The molecule has 7 nitrogen and oxygen atoms in total. The van der Waals surface area contributed by atoms with Crippen molar-refractivity contribution in [2.24, 2.45) is 11.7 Å². The number of esters is 1. The molecule has 2 aromatic rings. The highest BCUT2D eigenvalue weighted by atomic mass is 16.5. The molecule has 0 heterocycles. The highest BCUT2D eigenvalue weighted by Gasteiger charge is 2.20. The Morgan fingerprint density at radius 1 is 0.871 bits per heavy atom. The molecule has 7 heteroatoms. The summed E-state index contributed by atoms with van der Waals surface area (Å²) >= 11 is 0. The maximum Gasteiger partial charge on any atom is 0.338 e. The summed E-state index contributed by atoms with van der Waals surface area (Å²) in [6, 6.07) is 14.0. The first-order valence-corrected chi connectivity index (χ1v) is 10.2. The van der Waals surface area contributed by atoms with E-state index in [2.05, 4.69) is 31.3 Å². The van der Waals surface area contributed by atoms with E-state index in [9.17, 15) is 14.4 Å². The molecule has 0 aliphatic heterocycles. The Morgan fingerprint density at radius 2 is 1.45 bits per heavy atom. The average Bonchev–Trinajstić information content (AvgIpc) is 2.74. The number of benzene rings is 2. The van der Waals surface area contributed by atoms with Crippen LogP contribution in [0, 0.1) is 5.92 Å². The number of primary amides is 1. The van der Waals surface area contributed by atoms with Crippen LogP contribution in [-0.4, -0.2) is 31.0 Å². The van der Waals surface area contributed by atoms with E-state index in [-0.39, 0.29) is 36.6 Å². The molecule has 31 heavy (non-hydrogen) atoms. The molecule has 166 valence electrons. The summed E-state index contributed by atoms with van der Waals surface area (Å²) in [4.78, 5) is 35.3. The van der Waals surface area contributed by atoms with E-state index in [1.165, 1.54) is 29.8 Å². The van der Waals surface area contributed by atoms with Crippen LogP contribution in [0.25, 0.3) is 0 Å². The fourth-order valence-corrected chi connectivity index (χ4v) is 2.99. The van der Waals surface area contributed by atoms with Crippen LogP contribution in [0.5, 0.6) is 5.75 Å². The van der Waals surface area contributed by atoms with E-state index >= 15 is 0 Å². The van der Waals surface area contributed by atoms with Crippen molar-refractivity contribution in [2.75, 3.05) is 13.2 Å². The van der Waals surface area contributed by atoms with Gasteiger partial charge < -0.3 is 20.5 Å². The summed E-state index contributed by atoms with van der Waals surface area (Å²) < 4.78 is 10.3. The lowest BCUT2D eigenvalue weighted by molar-refractivity contribution is -0.125. The molecule has 2 amide bonds. The second kappa shape index (κ2) is 11.2.